The molecule has 1 aliphatic rings. The van der Waals surface area contributed by atoms with Gasteiger partial charge in [-0.15, -0.1) is 0 Å². The number of halogens is 1. The highest BCUT2D eigenvalue weighted by molar-refractivity contribution is 8.18. The van der Waals surface area contributed by atoms with Crippen molar-refractivity contribution in [3.05, 3.63) is 63.5 Å². The molecule has 3 rings (SSSR count). The number of amidine groups is 1. The standard InChI is InChI=1S/C21H21ClN2O2S/c1-4-24-20(25)19(13-15-12-16(22)10-11-18(15)26-5-2)27-21(24)23-17-9-7-6-8-14(17)3/h6-13H,4-5H2,1-3H3/b19-13+,23-21?. The molecule has 1 saturated heterocycles. The highest BCUT2D eigenvalue weighted by atomic mass is 35.5. The zero-order valence-electron chi connectivity index (χ0n) is 15.5. The Kier molecular flexibility index (Phi) is 6.24. The smallest absolute Gasteiger partial charge is 0.266 e. The van der Waals surface area contributed by atoms with E-state index in [1.54, 1.807) is 17.0 Å². The van der Waals surface area contributed by atoms with Gasteiger partial charge in [-0.25, -0.2) is 4.99 Å². The van der Waals surface area contributed by atoms with Crippen LogP contribution in [0.25, 0.3) is 6.08 Å². The molecular weight excluding hydrogens is 380 g/mol. The number of carbonyl (C=O) groups excluding carboxylic acids is 1. The SMILES string of the molecule is CCOc1ccc(Cl)cc1/C=C1/SC(=Nc2ccccc2C)N(CC)C1=O. The number of rotatable bonds is 5. The lowest BCUT2D eigenvalue weighted by Crippen LogP contribution is -2.28. The molecule has 27 heavy (non-hydrogen) atoms. The summed E-state index contributed by atoms with van der Waals surface area (Å²) in [7, 11) is 0. The monoisotopic (exact) mass is 400 g/mol. The number of benzene rings is 2. The van der Waals surface area contributed by atoms with E-state index in [0.29, 0.717) is 34.0 Å². The summed E-state index contributed by atoms with van der Waals surface area (Å²) < 4.78 is 5.66. The third kappa shape index (κ3) is 4.37. The highest BCUT2D eigenvalue weighted by Gasteiger charge is 2.32. The molecule has 140 valence electrons. The largest absolute Gasteiger partial charge is 0.493 e. The summed E-state index contributed by atoms with van der Waals surface area (Å²) in [5.74, 6) is 0.646. The van der Waals surface area contributed by atoms with E-state index in [-0.39, 0.29) is 5.91 Å². The van der Waals surface area contributed by atoms with Crippen molar-refractivity contribution in [1.29, 1.82) is 0 Å². The third-order valence-electron chi connectivity index (χ3n) is 4.09. The Bertz CT molecular complexity index is 924. The van der Waals surface area contributed by atoms with E-state index in [1.807, 2.05) is 57.2 Å². The Labute approximate surface area is 168 Å². The topological polar surface area (TPSA) is 41.9 Å². The quantitative estimate of drug-likeness (QED) is 0.607. The predicted octanol–water partition coefficient (Wildman–Crippen LogP) is 5.67. The van der Waals surface area contributed by atoms with Crippen LogP contribution in [0, 0.1) is 6.92 Å². The molecule has 4 nitrogen and oxygen atoms in total. The molecule has 0 N–H and O–H groups in total. The molecule has 0 radical (unpaired) electrons. The zero-order chi connectivity index (χ0) is 19.4. The van der Waals surface area contributed by atoms with Crippen molar-refractivity contribution >= 4 is 46.2 Å². The number of nitrogens with zero attached hydrogens (tertiary/aromatic N) is 2. The molecule has 0 bridgehead atoms. The van der Waals surface area contributed by atoms with Gasteiger partial charge in [0.25, 0.3) is 5.91 Å². The van der Waals surface area contributed by atoms with Gasteiger partial charge >= 0.3 is 0 Å². The number of amides is 1. The van der Waals surface area contributed by atoms with Gasteiger partial charge in [0.05, 0.1) is 17.2 Å². The lowest BCUT2D eigenvalue weighted by atomic mass is 10.2. The van der Waals surface area contributed by atoms with Crippen molar-refractivity contribution in [1.82, 2.24) is 4.90 Å². The van der Waals surface area contributed by atoms with Crippen molar-refractivity contribution in [3.8, 4) is 5.75 Å². The lowest BCUT2D eigenvalue weighted by Gasteiger charge is -2.12. The Morgan fingerprint density at radius 2 is 2.00 bits per heavy atom. The van der Waals surface area contributed by atoms with Gasteiger partial charge in [-0.1, -0.05) is 29.8 Å². The maximum Gasteiger partial charge on any atom is 0.266 e. The summed E-state index contributed by atoms with van der Waals surface area (Å²) in [4.78, 5) is 19.9. The molecule has 0 atom stereocenters. The minimum atomic E-state index is -0.0581. The second-order valence-corrected chi connectivity index (χ2v) is 7.40. The minimum Gasteiger partial charge on any atom is -0.493 e. The summed E-state index contributed by atoms with van der Waals surface area (Å²) in [6.07, 6.45) is 1.83. The van der Waals surface area contributed by atoms with Gasteiger partial charge in [0, 0.05) is 17.1 Å². The molecule has 0 saturated carbocycles. The number of ether oxygens (including phenoxy) is 1. The van der Waals surface area contributed by atoms with Crippen LogP contribution in [0.4, 0.5) is 5.69 Å². The fourth-order valence-corrected chi connectivity index (χ4v) is 3.95. The van der Waals surface area contributed by atoms with Crippen LogP contribution in [0.15, 0.2) is 52.4 Å². The van der Waals surface area contributed by atoms with Crippen LogP contribution in [0.5, 0.6) is 5.75 Å². The number of carbonyl (C=O) groups is 1. The Morgan fingerprint density at radius 3 is 2.70 bits per heavy atom. The van der Waals surface area contributed by atoms with Crippen LogP contribution >= 0.6 is 23.4 Å². The number of hydrogen-bond donors (Lipinski definition) is 0. The normalized spacial score (nSPS) is 17.2. The molecule has 0 aromatic heterocycles. The molecule has 2 aromatic carbocycles. The molecule has 6 heteroatoms. The fraction of sp³-hybridized carbons (Fsp3) is 0.238. The summed E-state index contributed by atoms with van der Waals surface area (Å²) in [6, 6.07) is 13.3. The summed E-state index contributed by atoms with van der Waals surface area (Å²) >= 11 is 7.51. The first kappa shape index (κ1) is 19.5. The van der Waals surface area contributed by atoms with Crippen molar-refractivity contribution in [2.24, 2.45) is 4.99 Å². The zero-order valence-corrected chi connectivity index (χ0v) is 17.1. The van der Waals surface area contributed by atoms with Crippen molar-refractivity contribution < 1.29 is 9.53 Å². The molecule has 1 amide bonds. The molecule has 0 unspecified atom stereocenters. The van der Waals surface area contributed by atoms with Gasteiger partial charge in [-0.05, 0) is 68.4 Å². The van der Waals surface area contributed by atoms with E-state index in [9.17, 15) is 4.79 Å². The van der Waals surface area contributed by atoms with Gasteiger partial charge in [0.1, 0.15) is 5.75 Å². The van der Waals surface area contributed by atoms with Gasteiger partial charge < -0.3 is 4.74 Å². The number of thioether (sulfide) groups is 1. The van der Waals surface area contributed by atoms with E-state index in [2.05, 4.69) is 0 Å². The molecule has 1 aliphatic heterocycles. The first-order valence-electron chi connectivity index (χ1n) is 8.81. The first-order chi connectivity index (χ1) is 13.0. The van der Waals surface area contributed by atoms with E-state index in [4.69, 9.17) is 21.3 Å². The Hall–Kier alpha value is -2.24. The summed E-state index contributed by atoms with van der Waals surface area (Å²) in [5.41, 5.74) is 2.72. The maximum atomic E-state index is 12.9. The van der Waals surface area contributed by atoms with Crippen molar-refractivity contribution in [2.75, 3.05) is 13.2 Å². The first-order valence-corrected chi connectivity index (χ1v) is 10.0. The van der Waals surface area contributed by atoms with E-state index < -0.39 is 0 Å². The number of hydrogen-bond acceptors (Lipinski definition) is 4. The van der Waals surface area contributed by atoms with Crippen LogP contribution in [0.2, 0.25) is 5.02 Å². The van der Waals surface area contributed by atoms with Crippen molar-refractivity contribution in [3.63, 3.8) is 0 Å². The van der Waals surface area contributed by atoms with Crippen LogP contribution < -0.4 is 4.74 Å². The highest BCUT2D eigenvalue weighted by Crippen LogP contribution is 2.36. The number of para-hydroxylation sites is 1. The van der Waals surface area contributed by atoms with Crippen LogP contribution in [0.3, 0.4) is 0 Å². The minimum absolute atomic E-state index is 0.0581. The van der Waals surface area contributed by atoms with Crippen LogP contribution in [0.1, 0.15) is 25.0 Å². The Morgan fingerprint density at radius 1 is 1.22 bits per heavy atom. The molecular formula is C21H21ClN2O2S. The second-order valence-electron chi connectivity index (χ2n) is 5.96. The van der Waals surface area contributed by atoms with E-state index in [0.717, 1.165) is 16.8 Å². The van der Waals surface area contributed by atoms with Gasteiger partial charge in [0.15, 0.2) is 5.17 Å². The molecule has 0 aliphatic carbocycles. The average Bonchev–Trinajstić information content (AvgIpc) is 2.94. The lowest BCUT2D eigenvalue weighted by molar-refractivity contribution is -0.122. The van der Waals surface area contributed by atoms with E-state index >= 15 is 0 Å². The van der Waals surface area contributed by atoms with Gasteiger partial charge in [0.2, 0.25) is 0 Å². The molecule has 0 spiro atoms. The third-order valence-corrected chi connectivity index (χ3v) is 5.34. The average molecular weight is 401 g/mol. The van der Waals surface area contributed by atoms with Gasteiger partial charge in [-0.2, -0.15) is 0 Å². The number of likely N-dealkylation sites (N-methyl/N-ethyl adjacent to an activating group) is 1. The fourth-order valence-electron chi connectivity index (χ4n) is 2.72. The van der Waals surface area contributed by atoms with Crippen LogP contribution in [-0.4, -0.2) is 29.1 Å². The van der Waals surface area contributed by atoms with E-state index in [1.165, 1.54) is 11.8 Å². The number of aryl methyl sites for hydroxylation is 1. The second kappa shape index (κ2) is 8.63. The van der Waals surface area contributed by atoms with Crippen molar-refractivity contribution in [2.45, 2.75) is 20.8 Å². The Balaban J connectivity index is 1.99. The van der Waals surface area contributed by atoms with Gasteiger partial charge in [-0.3, -0.25) is 9.69 Å². The molecule has 2 aromatic rings. The predicted molar refractivity (Wildman–Crippen MR) is 114 cm³/mol. The number of aliphatic imine (C=N–C) groups is 1. The van der Waals surface area contributed by atoms with Crippen LogP contribution in [-0.2, 0) is 4.79 Å². The maximum absolute atomic E-state index is 12.9. The summed E-state index contributed by atoms with van der Waals surface area (Å²) in [5, 5.41) is 1.28. The molecule has 1 fully saturated rings. The summed E-state index contributed by atoms with van der Waals surface area (Å²) in [6.45, 7) is 6.97. The molecule has 1 heterocycles.